The van der Waals surface area contributed by atoms with E-state index in [9.17, 15) is 4.79 Å². The van der Waals surface area contributed by atoms with E-state index in [1.54, 1.807) is 41.5 Å². The van der Waals surface area contributed by atoms with Crippen LogP contribution in [0.25, 0.3) is 5.82 Å². The lowest BCUT2D eigenvalue weighted by Crippen LogP contribution is -2.28. The Morgan fingerprint density at radius 2 is 2.28 bits per heavy atom. The van der Waals surface area contributed by atoms with Crippen molar-refractivity contribution < 1.29 is 4.79 Å². The molecule has 0 spiro atoms. The molecular weight excluding hydrogens is 230 g/mol. The van der Waals surface area contributed by atoms with Gasteiger partial charge in [0.25, 0.3) is 0 Å². The molecule has 2 aromatic rings. The van der Waals surface area contributed by atoms with Crippen molar-refractivity contribution in [2.75, 3.05) is 18.4 Å². The molecule has 18 heavy (non-hydrogen) atoms. The van der Waals surface area contributed by atoms with E-state index in [0.29, 0.717) is 11.5 Å². The SMILES string of the molecule is CCNCC(=O)Nc1cccnc1-n1cccn1. The van der Waals surface area contributed by atoms with Gasteiger partial charge in [0.1, 0.15) is 0 Å². The smallest absolute Gasteiger partial charge is 0.238 e. The van der Waals surface area contributed by atoms with Gasteiger partial charge in [-0.15, -0.1) is 0 Å². The topological polar surface area (TPSA) is 71.8 Å². The zero-order valence-electron chi connectivity index (χ0n) is 10.1. The predicted molar refractivity (Wildman–Crippen MR) is 68.5 cm³/mol. The fourth-order valence-electron chi connectivity index (χ4n) is 1.50. The number of nitrogens with one attached hydrogen (secondary N) is 2. The van der Waals surface area contributed by atoms with Crippen LogP contribution in [0, 0.1) is 0 Å². The van der Waals surface area contributed by atoms with Crippen molar-refractivity contribution >= 4 is 11.6 Å². The summed E-state index contributed by atoms with van der Waals surface area (Å²) in [5.74, 6) is 0.505. The third-order valence-electron chi connectivity index (χ3n) is 2.32. The number of hydrogen-bond acceptors (Lipinski definition) is 4. The van der Waals surface area contributed by atoms with Gasteiger partial charge in [0.2, 0.25) is 5.91 Å². The van der Waals surface area contributed by atoms with Crippen molar-refractivity contribution in [1.82, 2.24) is 20.1 Å². The molecule has 0 unspecified atom stereocenters. The molecule has 0 aromatic carbocycles. The zero-order valence-corrected chi connectivity index (χ0v) is 10.1. The minimum Gasteiger partial charge on any atom is -0.322 e. The van der Waals surface area contributed by atoms with Crippen LogP contribution in [0.4, 0.5) is 5.69 Å². The molecule has 0 fully saturated rings. The van der Waals surface area contributed by atoms with Gasteiger partial charge in [-0.25, -0.2) is 9.67 Å². The summed E-state index contributed by atoms with van der Waals surface area (Å²) in [6.07, 6.45) is 5.11. The summed E-state index contributed by atoms with van der Waals surface area (Å²) in [5.41, 5.74) is 0.643. The first kappa shape index (κ1) is 12.3. The Hall–Kier alpha value is -2.21. The lowest BCUT2D eigenvalue weighted by Gasteiger charge is -2.09. The van der Waals surface area contributed by atoms with Crippen LogP contribution in [-0.2, 0) is 4.79 Å². The first-order chi connectivity index (χ1) is 8.81. The first-order valence-corrected chi connectivity index (χ1v) is 5.77. The van der Waals surface area contributed by atoms with Gasteiger partial charge in [-0.1, -0.05) is 6.92 Å². The van der Waals surface area contributed by atoms with E-state index < -0.39 is 0 Å². The summed E-state index contributed by atoms with van der Waals surface area (Å²) < 4.78 is 1.61. The van der Waals surface area contributed by atoms with Gasteiger partial charge >= 0.3 is 0 Å². The monoisotopic (exact) mass is 245 g/mol. The molecule has 0 bridgehead atoms. The molecule has 94 valence electrons. The maximum Gasteiger partial charge on any atom is 0.238 e. The Balaban J connectivity index is 2.16. The fraction of sp³-hybridized carbons (Fsp3) is 0.250. The molecule has 0 radical (unpaired) electrons. The third kappa shape index (κ3) is 2.92. The van der Waals surface area contributed by atoms with Gasteiger partial charge < -0.3 is 10.6 Å². The number of rotatable bonds is 5. The van der Waals surface area contributed by atoms with Crippen LogP contribution in [0.3, 0.4) is 0 Å². The van der Waals surface area contributed by atoms with E-state index in [2.05, 4.69) is 20.7 Å². The molecule has 2 heterocycles. The molecule has 0 aliphatic heterocycles. The first-order valence-electron chi connectivity index (χ1n) is 5.77. The molecule has 6 nitrogen and oxygen atoms in total. The zero-order chi connectivity index (χ0) is 12.8. The van der Waals surface area contributed by atoms with Crippen LogP contribution in [-0.4, -0.2) is 33.8 Å². The van der Waals surface area contributed by atoms with Gasteiger partial charge in [0, 0.05) is 18.6 Å². The minimum absolute atomic E-state index is 0.0988. The molecule has 6 heteroatoms. The number of carbonyl (C=O) groups excluding carboxylic acids is 1. The lowest BCUT2D eigenvalue weighted by molar-refractivity contribution is -0.115. The summed E-state index contributed by atoms with van der Waals surface area (Å²) in [5, 5.41) is 9.88. The van der Waals surface area contributed by atoms with Gasteiger partial charge in [-0.2, -0.15) is 5.10 Å². The molecule has 0 aliphatic rings. The van der Waals surface area contributed by atoms with Crippen LogP contribution < -0.4 is 10.6 Å². The second-order valence-corrected chi connectivity index (χ2v) is 3.65. The molecule has 1 amide bonds. The Morgan fingerprint density at radius 3 is 3.00 bits per heavy atom. The van der Waals surface area contributed by atoms with E-state index in [0.717, 1.165) is 6.54 Å². The average Bonchev–Trinajstić information content (AvgIpc) is 2.91. The number of aromatic nitrogens is 3. The second kappa shape index (κ2) is 5.92. The van der Waals surface area contributed by atoms with Crippen molar-refractivity contribution in [2.24, 2.45) is 0 Å². The molecule has 0 aliphatic carbocycles. The molecule has 2 rings (SSSR count). The van der Waals surface area contributed by atoms with Crippen molar-refractivity contribution in [3.05, 3.63) is 36.8 Å². The van der Waals surface area contributed by atoms with E-state index in [4.69, 9.17) is 0 Å². The number of carbonyl (C=O) groups is 1. The van der Waals surface area contributed by atoms with Gasteiger partial charge in [0.05, 0.1) is 12.2 Å². The number of nitrogens with zero attached hydrogens (tertiary/aromatic N) is 3. The normalized spacial score (nSPS) is 10.3. The number of hydrogen-bond donors (Lipinski definition) is 2. The van der Waals surface area contributed by atoms with Crippen molar-refractivity contribution in [3.63, 3.8) is 0 Å². The maximum atomic E-state index is 11.7. The number of pyridine rings is 1. The largest absolute Gasteiger partial charge is 0.322 e. The van der Waals surface area contributed by atoms with E-state index in [-0.39, 0.29) is 12.5 Å². The maximum absolute atomic E-state index is 11.7. The third-order valence-corrected chi connectivity index (χ3v) is 2.32. The van der Waals surface area contributed by atoms with Crippen LogP contribution in [0.15, 0.2) is 36.8 Å². The molecule has 0 saturated carbocycles. The second-order valence-electron chi connectivity index (χ2n) is 3.65. The number of amides is 1. The van der Waals surface area contributed by atoms with E-state index in [1.165, 1.54) is 0 Å². The van der Waals surface area contributed by atoms with Gasteiger partial charge in [-0.05, 0) is 24.7 Å². The Bertz CT molecular complexity index is 509. The van der Waals surface area contributed by atoms with Crippen LogP contribution in [0.2, 0.25) is 0 Å². The van der Waals surface area contributed by atoms with E-state index >= 15 is 0 Å². The summed E-state index contributed by atoms with van der Waals surface area (Å²) in [7, 11) is 0. The molecule has 0 saturated heterocycles. The average molecular weight is 245 g/mol. The van der Waals surface area contributed by atoms with Crippen LogP contribution >= 0.6 is 0 Å². The molecular formula is C12H15N5O. The van der Waals surface area contributed by atoms with Crippen LogP contribution in [0.5, 0.6) is 0 Å². The highest BCUT2D eigenvalue weighted by Crippen LogP contribution is 2.15. The number of likely N-dealkylation sites (N-methyl/N-ethyl adjacent to an activating group) is 1. The Morgan fingerprint density at radius 1 is 1.39 bits per heavy atom. The summed E-state index contributed by atoms with van der Waals surface area (Å²) in [6.45, 7) is 2.99. The fourth-order valence-corrected chi connectivity index (χ4v) is 1.50. The highest BCUT2D eigenvalue weighted by atomic mass is 16.1. The van der Waals surface area contributed by atoms with Crippen LogP contribution in [0.1, 0.15) is 6.92 Å². The van der Waals surface area contributed by atoms with Gasteiger partial charge in [-0.3, -0.25) is 4.79 Å². The lowest BCUT2D eigenvalue weighted by atomic mass is 10.3. The predicted octanol–water partition coefficient (Wildman–Crippen LogP) is 0.815. The van der Waals surface area contributed by atoms with E-state index in [1.807, 2.05) is 6.92 Å². The standard InChI is InChI=1S/C12H15N5O/c1-2-13-9-11(18)16-10-5-3-6-14-12(10)17-8-4-7-15-17/h3-8,13H,2,9H2,1H3,(H,16,18). The molecule has 0 atom stereocenters. The molecule has 2 N–H and O–H groups in total. The highest BCUT2D eigenvalue weighted by molar-refractivity contribution is 5.93. The van der Waals surface area contributed by atoms with Crippen molar-refractivity contribution in [1.29, 1.82) is 0 Å². The Kier molecular flexibility index (Phi) is 4.03. The minimum atomic E-state index is -0.0988. The Labute approximate surface area is 105 Å². The summed E-state index contributed by atoms with van der Waals surface area (Å²) >= 11 is 0. The number of anilines is 1. The summed E-state index contributed by atoms with van der Waals surface area (Å²) in [6, 6.07) is 5.38. The van der Waals surface area contributed by atoms with Crippen molar-refractivity contribution in [2.45, 2.75) is 6.92 Å². The summed E-state index contributed by atoms with van der Waals surface area (Å²) in [4.78, 5) is 15.9. The molecule has 2 aromatic heterocycles. The highest BCUT2D eigenvalue weighted by Gasteiger charge is 2.08. The van der Waals surface area contributed by atoms with Gasteiger partial charge in [0.15, 0.2) is 5.82 Å². The van der Waals surface area contributed by atoms with Crippen molar-refractivity contribution in [3.8, 4) is 5.82 Å². The quantitative estimate of drug-likeness (QED) is 0.818.